The molecule has 0 atom stereocenters. The maximum Gasteiger partial charge on any atom is 0.323 e. The van der Waals surface area contributed by atoms with Gasteiger partial charge in [0, 0.05) is 12.7 Å². The van der Waals surface area contributed by atoms with Crippen LogP contribution in [-0.2, 0) is 11.3 Å². The van der Waals surface area contributed by atoms with Gasteiger partial charge in [0.2, 0.25) is 0 Å². The zero-order chi connectivity index (χ0) is 14.6. The molecular formula is C14H25N3O2. The third kappa shape index (κ3) is 3.56. The first kappa shape index (κ1) is 15.7. The van der Waals surface area contributed by atoms with Crippen LogP contribution in [-0.4, -0.2) is 38.3 Å². The summed E-state index contributed by atoms with van der Waals surface area (Å²) in [7, 11) is 1.81. The Morgan fingerprint density at radius 3 is 2.53 bits per heavy atom. The standard InChI is InChI=1S/C14H25N3O2/c1-6-12(7-2)17-9-8-11(15-17)10-16(5)14(3,4)13(18)19/h8-9,12H,6-7,10H2,1-5H3,(H,18,19). The van der Waals surface area contributed by atoms with E-state index in [1.807, 2.05) is 24.0 Å². The molecular weight excluding hydrogens is 242 g/mol. The average Bonchev–Trinajstić information content (AvgIpc) is 2.79. The molecule has 19 heavy (non-hydrogen) atoms. The number of carboxylic acid groups (broad SMARTS) is 1. The summed E-state index contributed by atoms with van der Waals surface area (Å²) >= 11 is 0. The summed E-state index contributed by atoms with van der Waals surface area (Å²) < 4.78 is 1.98. The summed E-state index contributed by atoms with van der Waals surface area (Å²) in [4.78, 5) is 13.0. The van der Waals surface area contributed by atoms with Crippen molar-refractivity contribution in [1.82, 2.24) is 14.7 Å². The predicted octanol–water partition coefficient (Wildman–Crippen LogP) is 2.54. The molecule has 1 heterocycles. The molecule has 1 N–H and O–H groups in total. The lowest BCUT2D eigenvalue weighted by Gasteiger charge is -2.30. The van der Waals surface area contributed by atoms with Gasteiger partial charge in [-0.2, -0.15) is 5.10 Å². The summed E-state index contributed by atoms with van der Waals surface area (Å²) in [5, 5.41) is 13.7. The van der Waals surface area contributed by atoms with Crippen LogP contribution in [0.25, 0.3) is 0 Å². The van der Waals surface area contributed by atoms with E-state index in [-0.39, 0.29) is 0 Å². The Balaban J connectivity index is 2.76. The van der Waals surface area contributed by atoms with Gasteiger partial charge < -0.3 is 5.11 Å². The van der Waals surface area contributed by atoms with Crippen LogP contribution in [0.2, 0.25) is 0 Å². The van der Waals surface area contributed by atoms with Gasteiger partial charge in [0.1, 0.15) is 5.54 Å². The highest BCUT2D eigenvalue weighted by Crippen LogP contribution is 2.18. The molecule has 0 aliphatic rings. The van der Waals surface area contributed by atoms with E-state index in [9.17, 15) is 9.90 Å². The number of likely N-dealkylation sites (N-methyl/N-ethyl adjacent to an activating group) is 1. The molecule has 5 heteroatoms. The Hall–Kier alpha value is -1.36. The third-order valence-corrected chi connectivity index (χ3v) is 3.86. The van der Waals surface area contributed by atoms with Crippen molar-refractivity contribution in [2.45, 2.75) is 58.7 Å². The van der Waals surface area contributed by atoms with Gasteiger partial charge in [-0.3, -0.25) is 14.4 Å². The largest absolute Gasteiger partial charge is 0.480 e. The molecule has 0 saturated heterocycles. The van der Waals surface area contributed by atoms with Gasteiger partial charge in [0.05, 0.1) is 11.7 Å². The normalized spacial score (nSPS) is 12.4. The van der Waals surface area contributed by atoms with Crippen LogP contribution in [0, 0.1) is 0 Å². The zero-order valence-corrected chi connectivity index (χ0v) is 12.6. The van der Waals surface area contributed by atoms with Crippen LogP contribution in [0.4, 0.5) is 0 Å². The van der Waals surface area contributed by atoms with Gasteiger partial charge in [-0.1, -0.05) is 13.8 Å². The maximum atomic E-state index is 11.2. The molecule has 108 valence electrons. The van der Waals surface area contributed by atoms with Crippen molar-refractivity contribution in [1.29, 1.82) is 0 Å². The first-order chi connectivity index (χ1) is 8.82. The smallest absolute Gasteiger partial charge is 0.323 e. The Morgan fingerprint density at radius 1 is 1.47 bits per heavy atom. The minimum atomic E-state index is -0.890. The molecule has 0 saturated carbocycles. The minimum absolute atomic E-state index is 0.423. The molecule has 5 nitrogen and oxygen atoms in total. The SMILES string of the molecule is CCC(CC)n1ccc(CN(C)C(C)(C)C(=O)O)n1. The molecule has 1 aromatic rings. The van der Waals surface area contributed by atoms with Crippen molar-refractivity contribution in [3.8, 4) is 0 Å². The molecule has 0 aliphatic carbocycles. The summed E-state index contributed by atoms with van der Waals surface area (Å²) in [6.07, 6.45) is 4.08. The van der Waals surface area contributed by atoms with Gasteiger partial charge in [-0.15, -0.1) is 0 Å². The molecule has 0 amide bonds. The first-order valence-corrected chi connectivity index (χ1v) is 6.81. The fourth-order valence-electron chi connectivity index (χ4n) is 1.93. The quantitative estimate of drug-likeness (QED) is 0.824. The summed E-state index contributed by atoms with van der Waals surface area (Å²) in [6.45, 7) is 8.23. The second-order valence-electron chi connectivity index (χ2n) is 5.48. The molecule has 0 unspecified atom stereocenters. The molecule has 0 bridgehead atoms. The van der Waals surface area contributed by atoms with Gasteiger partial charge in [0.15, 0.2) is 0 Å². The summed E-state index contributed by atoms with van der Waals surface area (Å²) in [6, 6.07) is 2.39. The highest BCUT2D eigenvalue weighted by atomic mass is 16.4. The summed E-state index contributed by atoms with van der Waals surface area (Å²) in [5.74, 6) is -0.825. The molecule has 1 rings (SSSR count). The fraction of sp³-hybridized carbons (Fsp3) is 0.714. The van der Waals surface area contributed by atoms with Crippen LogP contribution in [0.3, 0.4) is 0 Å². The van der Waals surface area contributed by atoms with Crippen molar-refractivity contribution in [3.05, 3.63) is 18.0 Å². The lowest BCUT2D eigenvalue weighted by Crippen LogP contribution is -2.47. The van der Waals surface area contributed by atoms with Crippen LogP contribution in [0.1, 0.15) is 52.3 Å². The molecule has 0 radical (unpaired) electrons. The van der Waals surface area contributed by atoms with Crippen molar-refractivity contribution >= 4 is 5.97 Å². The topological polar surface area (TPSA) is 58.4 Å². The molecule has 0 aromatic carbocycles. The van der Waals surface area contributed by atoms with E-state index in [4.69, 9.17) is 0 Å². The van der Waals surface area contributed by atoms with E-state index in [2.05, 4.69) is 18.9 Å². The highest BCUT2D eigenvalue weighted by Gasteiger charge is 2.32. The molecule has 0 aliphatic heterocycles. The van der Waals surface area contributed by atoms with E-state index in [0.29, 0.717) is 12.6 Å². The fourth-order valence-corrected chi connectivity index (χ4v) is 1.93. The van der Waals surface area contributed by atoms with E-state index < -0.39 is 11.5 Å². The van der Waals surface area contributed by atoms with Crippen LogP contribution in [0.15, 0.2) is 12.3 Å². The molecule has 0 spiro atoms. The van der Waals surface area contributed by atoms with E-state index >= 15 is 0 Å². The number of carbonyl (C=O) groups is 1. The Labute approximate surface area is 115 Å². The number of aliphatic carboxylic acids is 1. The highest BCUT2D eigenvalue weighted by molar-refractivity contribution is 5.77. The average molecular weight is 267 g/mol. The van der Waals surface area contributed by atoms with Gasteiger partial charge in [-0.05, 0) is 39.8 Å². The Kier molecular flexibility index (Phi) is 5.11. The lowest BCUT2D eigenvalue weighted by molar-refractivity contribution is -0.148. The first-order valence-electron chi connectivity index (χ1n) is 6.81. The van der Waals surface area contributed by atoms with E-state index in [0.717, 1.165) is 18.5 Å². The number of nitrogens with zero attached hydrogens (tertiary/aromatic N) is 3. The zero-order valence-electron chi connectivity index (χ0n) is 12.6. The minimum Gasteiger partial charge on any atom is -0.480 e. The van der Waals surface area contributed by atoms with Crippen LogP contribution >= 0.6 is 0 Å². The lowest BCUT2D eigenvalue weighted by atomic mass is 10.0. The third-order valence-electron chi connectivity index (χ3n) is 3.86. The van der Waals surface area contributed by atoms with Gasteiger partial charge in [0.25, 0.3) is 0 Å². The second-order valence-corrected chi connectivity index (χ2v) is 5.48. The number of aromatic nitrogens is 2. The van der Waals surface area contributed by atoms with Crippen molar-refractivity contribution in [2.75, 3.05) is 7.05 Å². The van der Waals surface area contributed by atoms with E-state index in [1.54, 1.807) is 18.7 Å². The molecule has 1 aromatic heterocycles. The van der Waals surface area contributed by atoms with E-state index in [1.165, 1.54) is 0 Å². The predicted molar refractivity (Wildman–Crippen MR) is 75.0 cm³/mol. The Morgan fingerprint density at radius 2 is 2.05 bits per heavy atom. The van der Waals surface area contributed by atoms with Crippen LogP contribution < -0.4 is 0 Å². The number of hydrogen-bond acceptors (Lipinski definition) is 3. The number of hydrogen-bond donors (Lipinski definition) is 1. The molecule has 0 fully saturated rings. The summed E-state index contributed by atoms with van der Waals surface area (Å²) in [5.41, 5.74) is 0.0160. The second kappa shape index (κ2) is 6.19. The van der Waals surface area contributed by atoms with Crippen molar-refractivity contribution < 1.29 is 9.90 Å². The van der Waals surface area contributed by atoms with Crippen molar-refractivity contribution in [2.24, 2.45) is 0 Å². The monoisotopic (exact) mass is 267 g/mol. The van der Waals surface area contributed by atoms with Gasteiger partial charge >= 0.3 is 5.97 Å². The Bertz CT molecular complexity index is 422. The number of carboxylic acids is 1. The van der Waals surface area contributed by atoms with Gasteiger partial charge in [-0.25, -0.2) is 0 Å². The van der Waals surface area contributed by atoms with Crippen molar-refractivity contribution in [3.63, 3.8) is 0 Å². The number of rotatable bonds is 7. The van der Waals surface area contributed by atoms with Crippen LogP contribution in [0.5, 0.6) is 0 Å². The maximum absolute atomic E-state index is 11.2.